The van der Waals surface area contributed by atoms with Gasteiger partial charge < -0.3 is 15.0 Å². The van der Waals surface area contributed by atoms with Gasteiger partial charge in [-0.2, -0.15) is 0 Å². The molecule has 0 radical (unpaired) electrons. The first-order valence-corrected chi connectivity index (χ1v) is 10.1. The highest BCUT2D eigenvalue weighted by Gasteiger charge is 2.22. The van der Waals surface area contributed by atoms with Crippen LogP contribution in [0.4, 0.5) is 0 Å². The Morgan fingerprint density at radius 1 is 1.00 bits per heavy atom. The molecule has 4 rings (SSSR count). The Hall–Kier alpha value is -3.53. The second-order valence-corrected chi connectivity index (χ2v) is 7.71. The number of ether oxygens (including phenoxy) is 1. The number of aryl methyl sites for hydroxylation is 1. The highest BCUT2D eigenvalue weighted by Crippen LogP contribution is 2.35. The number of carbonyl (C=O) groups excluding carboxylic acids is 1. The van der Waals surface area contributed by atoms with Gasteiger partial charge in [0.1, 0.15) is 5.75 Å². The third kappa shape index (κ3) is 4.08. The van der Waals surface area contributed by atoms with E-state index < -0.39 is 0 Å². The molecular formula is C26H26N2O2. The number of fused-ring (bicyclic) bond motifs is 1. The molecule has 0 saturated carbocycles. The summed E-state index contributed by atoms with van der Waals surface area (Å²) in [5, 5.41) is 1.15. The molecule has 1 unspecified atom stereocenters. The van der Waals surface area contributed by atoms with E-state index in [4.69, 9.17) is 10.5 Å². The molecule has 0 aliphatic rings. The first kappa shape index (κ1) is 19.8. The lowest BCUT2D eigenvalue weighted by atomic mass is 9.88. The Labute approximate surface area is 176 Å². The maximum atomic E-state index is 11.9. The number of nitrogens with zero attached hydrogens (tertiary/aromatic N) is 1. The lowest BCUT2D eigenvalue weighted by Crippen LogP contribution is -2.16. The molecule has 0 saturated heterocycles. The Kier molecular flexibility index (Phi) is 5.57. The number of methoxy groups -OCH3 is 1. The number of primary amides is 1. The van der Waals surface area contributed by atoms with Crippen LogP contribution in [0.3, 0.4) is 0 Å². The number of aromatic nitrogens is 1. The molecule has 1 atom stereocenters. The molecule has 2 N–H and O–H groups in total. The van der Waals surface area contributed by atoms with Crippen molar-refractivity contribution in [3.8, 4) is 5.75 Å². The average Bonchev–Trinajstić information content (AvgIpc) is 3.12. The molecule has 30 heavy (non-hydrogen) atoms. The van der Waals surface area contributed by atoms with Crippen molar-refractivity contribution in [3.05, 3.63) is 101 Å². The molecule has 152 valence electrons. The Bertz CT molecular complexity index is 1160. The van der Waals surface area contributed by atoms with Crippen LogP contribution < -0.4 is 10.5 Å². The summed E-state index contributed by atoms with van der Waals surface area (Å²) in [6.45, 7) is 2.86. The average molecular weight is 399 g/mol. The predicted molar refractivity (Wildman–Crippen MR) is 121 cm³/mol. The van der Waals surface area contributed by atoms with Gasteiger partial charge in [-0.15, -0.1) is 0 Å². The number of hydrogen-bond donors (Lipinski definition) is 1. The summed E-state index contributed by atoms with van der Waals surface area (Å²) in [5.41, 5.74) is 11.4. The van der Waals surface area contributed by atoms with Gasteiger partial charge in [-0.25, -0.2) is 0 Å². The van der Waals surface area contributed by atoms with Crippen molar-refractivity contribution in [3.63, 3.8) is 0 Å². The maximum absolute atomic E-state index is 11.9. The largest absolute Gasteiger partial charge is 0.497 e. The first-order valence-electron chi connectivity index (χ1n) is 10.1. The van der Waals surface area contributed by atoms with E-state index >= 15 is 0 Å². The van der Waals surface area contributed by atoms with Gasteiger partial charge in [-0.1, -0.05) is 60.2 Å². The monoisotopic (exact) mass is 398 g/mol. The summed E-state index contributed by atoms with van der Waals surface area (Å²) >= 11 is 0. The maximum Gasteiger partial charge on any atom is 0.218 e. The van der Waals surface area contributed by atoms with E-state index in [1.54, 1.807) is 7.11 Å². The number of para-hydroxylation sites is 1. The Morgan fingerprint density at radius 3 is 2.37 bits per heavy atom. The lowest BCUT2D eigenvalue weighted by Gasteiger charge is -2.16. The van der Waals surface area contributed by atoms with Gasteiger partial charge in [-0.05, 0) is 41.8 Å². The molecule has 0 fully saturated rings. The minimum atomic E-state index is -0.314. The molecule has 0 bridgehead atoms. The molecule has 0 aliphatic heterocycles. The molecule has 4 aromatic rings. The van der Waals surface area contributed by atoms with Crippen LogP contribution in [-0.2, 0) is 11.3 Å². The van der Waals surface area contributed by atoms with Gasteiger partial charge in [0.2, 0.25) is 5.91 Å². The van der Waals surface area contributed by atoms with Crippen molar-refractivity contribution >= 4 is 16.8 Å². The molecule has 3 aromatic carbocycles. The van der Waals surface area contributed by atoms with Crippen molar-refractivity contribution in [2.45, 2.75) is 25.8 Å². The van der Waals surface area contributed by atoms with Crippen molar-refractivity contribution in [1.29, 1.82) is 0 Å². The predicted octanol–water partition coefficient (Wildman–Crippen LogP) is 5.01. The topological polar surface area (TPSA) is 57.2 Å². The number of amides is 1. The van der Waals surface area contributed by atoms with Crippen LogP contribution in [-0.4, -0.2) is 17.6 Å². The van der Waals surface area contributed by atoms with Crippen LogP contribution in [0.1, 0.15) is 34.6 Å². The third-order valence-electron chi connectivity index (χ3n) is 5.59. The van der Waals surface area contributed by atoms with Gasteiger partial charge in [0.05, 0.1) is 7.11 Å². The zero-order chi connectivity index (χ0) is 21.1. The first-order chi connectivity index (χ1) is 14.5. The summed E-state index contributed by atoms with van der Waals surface area (Å²) in [7, 11) is 1.65. The Morgan fingerprint density at radius 2 is 1.70 bits per heavy atom. The zero-order valence-electron chi connectivity index (χ0n) is 17.3. The van der Waals surface area contributed by atoms with Crippen molar-refractivity contribution in [2.24, 2.45) is 5.73 Å². The standard InChI is InChI=1S/C26H26N2O2/c1-18-7-9-19(10-8-18)16-28-17-24(22-5-3-4-6-25(22)28)23(15-26(27)29)20-11-13-21(30-2)14-12-20/h3-14,17,23H,15-16H2,1-2H3,(H2,27,29). The molecule has 1 aromatic heterocycles. The van der Waals surface area contributed by atoms with Crippen LogP contribution in [0, 0.1) is 6.92 Å². The highest BCUT2D eigenvalue weighted by atomic mass is 16.5. The Balaban J connectivity index is 1.80. The fourth-order valence-corrected chi connectivity index (χ4v) is 4.02. The quantitative estimate of drug-likeness (QED) is 0.475. The molecule has 4 nitrogen and oxygen atoms in total. The van der Waals surface area contributed by atoms with Crippen molar-refractivity contribution in [1.82, 2.24) is 4.57 Å². The van der Waals surface area contributed by atoms with Crippen LogP contribution in [0.25, 0.3) is 10.9 Å². The van der Waals surface area contributed by atoms with Crippen LogP contribution in [0.5, 0.6) is 5.75 Å². The third-order valence-corrected chi connectivity index (χ3v) is 5.59. The molecule has 1 heterocycles. The summed E-state index contributed by atoms with van der Waals surface area (Å²) < 4.78 is 7.55. The van der Waals surface area contributed by atoms with Gasteiger partial charge in [0.25, 0.3) is 0 Å². The van der Waals surface area contributed by atoms with Gasteiger partial charge in [0.15, 0.2) is 0 Å². The fraction of sp³-hybridized carbons (Fsp3) is 0.192. The van der Waals surface area contributed by atoms with Crippen molar-refractivity contribution < 1.29 is 9.53 Å². The van der Waals surface area contributed by atoms with E-state index in [-0.39, 0.29) is 18.2 Å². The SMILES string of the molecule is COc1ccc(C(CC(N)=O)c2cn(Cc3ccc(C)cc3)c3ccccc23)cc1. The summed E-state index contributed by atoms with van der Waals surface area (Å²) in [4.78, 5) is 11.9. The number of carbonyl (C=O) groups is 1. The van der Waals surface area contributed by atoms with E-state index in [1.165, 1.54) is 11.1 Å². The number of benzene rings is 3. The lowest BCUT2D eigenvalue weighted by molar-refractivity contribution is -0.118. The van der Waals surface area contributed by atoms with Crippen molar-refractivity contribution in [2.75, 3.05) is 7.11 Å². The zero-order valence-corrected chi connectivity index (χ0v) is 17.3. The van der Waals surface area contributed by atoms with E-state index in [9.17, 15) is 4.79 Å². The van der Waals surface area contributed by atoms with E-state index in [2.05, 4.69) is 54.1 Å². The van der Waals surface area contributed by atoms with Crippen LogP contribution in [0.15, 0.2) is 79.0 Å². The summed E-state index contributed by atoms with van der Waals surface area (Å²) in [6.07, 6.45) is 2.42. The van der Waals surface area contributed by atoms with E-state index in [0.717, 1.165) is 34.3 Å². The summed E-state index contributed by atoms with van der Waals surface area (Å²) in [6, 6.07) is 24.8. The minimum Gasteiger partial charge on any atom is -0.497 e. The van der Waals surface area contributed by atoms with E-state index in [0.29, 0.717) is 0 Å². The normalized spacial score (nSPS) is 12.1. The fourth-order valence-electron chi connectivity index (χ4n) is 4.02. The number of nitrogens with two attached hydrogens (primary N) is 1. The molecule has 0 aliphatic carbocycles. The second kappa shape index (κ2) is 8.46. The summed E-state index contributed by atoms with van der Waals surface area (Å²) in [5.74, 6) is 0.363. The van der Waals surface area contributed by atoms with Gasteiger partial charge in [-0.3, -0.25) is 4.79 Å². The minimum absolute atomic E-state index is 0.113. The van der Waals surface area contributed by atoms with Gasteiger partial charge in [0, 0.05) is 36.0 Å². The molecule has 0 spiro atoms. The van der Waals surface area contributed by atoms with E-state index in [1.807, 2.05) is 36.4 Å². The second-order valence-electron chi connectivity index (χ2n) is 7.71. The number of hydrogen-bond acceptors (Lipinski definition) is 2. The van der Waals surface area contributed by atoms with Crippen LogP contribution in [0.2, 0.25) is 0 Å². The molecule has 1 amide bonds. The van der Waals surface area contributed by atoms with Crippen LogP contribution >= 0.6 is 0 Å². The smallest absolute Gasteiger partial charge is 0.218 e. The highest BCUT2D eigenvalue weighted by molar-refractivity contribution is 5.86. The van der Waals surface area contributed by atoms with Gasteiger partial charge >= 0.3 is 0 Å². The number of rotatable bonds is 7. The molecular weight excluding hydrogens is 372 g/mol. The molecule has 4 heteroatoms.